The van der Waals surface area contributed by atoms with Gasteiger partial charge in [0.25, 0.3) is 0 Å². The number of hydrogen-bond acceptors (Lipinski definition) is 7. The van der Waals surface area contributed by atoms with Gasteiger partial charge in [0.05, 0.1) is 12.0 Å². The number of hydrogen-bond donors (Lipinski definition) is 1. The summed E-state index contributed by atoms with van der Waals surface area (Å²) in [7, 11) is 0. The van der Waals surface area contributed by atoms with Crippen molar-refractivity contribution in [2.45, 2.75) is 57.5 Å². The molecule has 144 valence electrons. The van der Waals surface area contributed by atoms with Crippen LogP contribution in [0.3, 0.4) is 0 Å². The maximum Gasteiger partial charge on any atom is 0.334 e. The molecule has 0 aromatic rings. The molecule has 7 nitrogen and oxygen atoms in total. The van der Waals surface area contributed by atoms with Gasteiger partial charge in [-0.05, 0) is 44.8 Å². The molecule has 2 bridgehead atoms. The summed E-state index contributed by atoms with van der Waals surface area (Å²) in [4.78, 5) is 37.1. The minimum atomic E-state index is -1.16. The van der Waals surface area contributed by atoms with Crippen LogP contribution in [0, 0.1) is 11.3 Å². The molecule has 2 aliphatic heterocycles. The van der Waals surface area contributed by atoms with Crippen LogP contribution >= 0.6 is 0 Å². The first kappa shape index (κ1) is 18.0. The van der Waals surface area contributed by atoms with Gasteiger partial charge in [-0.1, -0.05) is 12.7 Å². The van der Waals surface area contributed by atoms with Crippen LogP contribution in [-0.2, 0) is 28.6 Å². The molecule has 6 atom stereocenters. The highest BCUT2D eigenvalue weighted by Crippen LogP contribution is 2.55. The molecular weight excluding hydrogens is 352 g/mol. The quantitative estimate of drug-likeness (QED) is 0.337. The van der Waals surface area contributed by atoms with Crippen molar-refractivity contribution in [1.82, 2.24) is 0 Å². The monoisotopic (exact) mass is 374 g/mol. The van der Waals surface area contributed by atoms with Gasteiger partial charge >= 0.3 is 17.9 Å². The third-order valence-corrected chi connectivity index (χ3v) is 6.31. The Labute approximate surface area is 156 Å². The lowest BCUT2D eigenvalue weighted by Crippen LogP contribution is -2.70. The van der Waals surface area contributed by atoms with E-state index in [4.69, 9.17) is 14.2 Å². The van der Waals surface area contributed by atoms with E-state index in [1.54, 1.807) is 26.0 Å². The Balaban J connectivity index is 1.82. The lowest BCUT2D eigenvalue weighted by atomic mass is 9.59. The van der Waals surface area contributed by atoms with Crippen LogP contribution in [0.1, 0.15) is 33.1 Å². The molecule has 2 saturated heterocycles. The Hall–Kier alpha value is -2.41. The van der Waals surface area contributed by atoms with Crippen LogP contribution in [0.4, 0.5) is 0 Å². The zero-order valence-electron chi connectivity index (χ0n) is 15.3. The van der Waals surface area contributed by atoms with Crippen molar-refractivity contribution in [3.05, 3.63) is 35.5 Å². The Kier molecular flexibility index (Phi) is 4.03. The van der Waals surface area contributed by atoms with Gasteiger partial charge in [-0.15, -0.1) is 0 Å². The number of aliphatic hydroxyl groups is 1. The fourth-order valence-electron chi connectivity index (χ4n) is 4.62. The predicted molar refractivity (Wildman–Crippen MR) is 92.1 cm³/mol. The summed E-state index contributed by atoms with van der Waals surface area (Å²) in [6.07, 6.45) is 1.47. The first-order chi connectivity index (χ1) is 12.8. The number of rotatable bonds is 2. The molecule has 2 heterocycles. The lowest BCUT2D eigenvalue weighted by Gasteiger charge is -2.55. The van der Waals surface area contributed by atoms with Gasteiger partial charge in [0.2, 0.25) is 0 Å². The predicted octanol–water partition coefficient (Wildman–Crippen LogP) is 1.36. The van der Waals surface area contributed by atoms with Gasteiger partial charge in [-0.3, -0.25) is 4.79 Å². The molecule has 4 rings (SSSR count). The number of carbonyl (C=O) groups excluding carboxylic acids is 3. The van der Waals surface area contributed by atoms with Crippen LogP contribution in [0.15, 0.2) is 35.5 Å². The molecule has 0 radical (unpaired) electrons. The zero-order valence-corrected chi connectivity index (χ0v) is 15.3. The molecule has 2 aliphatic carbocycles. The third kappa shape index (κ3) is 2.34. The summed E-state index contributed by atoms with van der Waals surface area (Å²) < 4.78 is 16.5. The van der Waals surface area contributed by atoms with E-state index in [0.717, 1.165) is 0 Å². The minimum absolute atomic E-state index is 0.181. The Morgan fingerprint density at radius 2 is 2.15 bits per heavy atom. The largest absolute Gasteiger partial charge is 0.456 e. The summed E-state index contributed by atoms with van der Waals surface area (Å²) in [6, 6.07) is 0. The van der Waals surface area contributed by atoms with Gasteiger partial charge < -0.3 is 19.3 Å². The maximum absolute atomic E-state index is 12.5. The van der Waals surface area contributed by atoms with E-state index in [-0.39, 0.29) is 5.57 Å². The van der Waals surface area contributed by atoms with Crippen molar-refractivity contribution in [2.75, 3.05) is 0 Å². The number of esters is 3. The first-order valence-corrected chi connectivity index (χ1v) is 9.14. The van der Waals surface area contributed by atoms with Crippen molar-refractivity contribution >= 4 is 17.9 Å². The number of ether oxygens (including phenoxy) is 3. The average Bonchev–Trinajstić information content (AvgIpc) is 2.92. The van der Waals surface area contributed by atoms with E-state index in [2.05, 4.69) is 6.58 Å². The fourth-order valence-corrected chi connectivity index (χ4v) is 4.62. The van der Waals surface area contributed by atoms with Crippen molar-refractivity contribution < 1.29 is 33.7 Å². The molecule has 0 unspecified atom stereocenters. The molecule has 0 amide bonds. The van der Waals surface area contributed by atoms with Gasteiger partial charge in [0.15, 0.2) is 12.2 Å². The lowest BCUT2D eigenvalue weighted by molar-refractivity contribution is -0.253. The Morgan fingerprint density at radius 3 is 2.81 bits per heavy atom. The molecule has 1 saturated carbocycles. The normalized spacial score (nSPS) is 40.4. The molecule has 4 aliphatic rings. The standard InChI is InChI=1S/C20H22O7/c1-4-9(2)17(22)26-14-13-10(3)18(23)25-12(13)8-11-6-5-7-20(15(11)21)16(14)27-19(20)24/h4,8,12-16,21H,3,5-7H2,1-2H3/b9-4+,11-8?/t12-,13+,14+,15-,16+,20+/m1/s1. The smallest absolute Gasteiger partial charge is 0.334 e. The van der Waals surface area contributed by atoms with Crippen LogP contribution in [0.2, 0.25) is 0 Å². The summed E-state index contributed by atoms with van der Waals surface area (Å²) in [6.45, 7) is 7.14. The molecule has 1 spiro atoms. The molecule has 27 heavy (non-hydrogen) atoms. The van der Waals surface area contributed by atoms with Crippen LogP contribution < -0.4 is 0 Å². The Bertz CT molecular complexity index is 807. The highest BCUT2D eigenvalue weighted by Gasteiger charge is 2.70. The molecular formula is C20H22O7. The van der Waals surface area contributed by atoms with Gasteiger partial charge in [0, 0.05) is 11.1 Å². The Morgan fingerprint density at radius 1 is 1.41 bits per heavy atom. The van der Waals surface area contributed by atoms with Gasteiger partial charge in [-0.25, -0.2) is 9.59 Å². The van der Waals surface area contributed by atoms with E-state index in [0.29, 0.717) is 30.4 Å². The second-order valence-electron chi connectivity index (χ2n) is 7.63. The molecule has 1 N–H and O–H groups in total. The second-order valence-corrected chi connectivity index (χ2v) is 7.63. The van der Waals surface area contributed by atoms with Crippen molar-refractivity contribution in [1.29, 1.82) is 0 Å². The van der Waals surface area contributed by atoms with Crippen LogP contribution in [0.5, 0.6) is 0 Å². The highest BCUT2D eigenvalue weighted by atomic mass is 16.6. The topological polar surface area (TPSA) is 99.1 Å². The molecule has 0 aromatic carbocycles. The van der Waals surface area contributed by atoms with Crippen LogP contribution in [-0.4, -0.2) is 47.4 Å². The maximum atomic E-state index is 12.5. The number of fused-ring (bicyclic) bond motifs is 2. The van der Waals surface area contributed by atoms with E-state index >= 15 is 0 Å². The van der Waals surface area contributed by atoms with Crippen molar-refractivity contribution in [3.8, 4) is 0 Å². The SMILES string of the molecule is C=C1C(=O)O[C@@H]2C=C3CCC[C@]4(C(=O)O[C@H]4[C@@H](OC(=O)/C(C)=C/C)[C@@H]12)[C@@H]3O. The summed E-state index contributed by atoms with van der Waals surface area (Å²) in [5.41, 5.74) is 0.0789. The highest BCUT2D eigenvalue weighted by molar-refractivity contribution is 5.93. The van der Waals surface area contributed by atoms with Gasteiger partial charge in [0.1, 0.15) is 11.5 Å². The van der Waals surface area contributed by atoms with E-state index < -0.39 is 53.7 Å². The minimum Gasteiger partial charge on any atom is -0.456 e. The number of carbonyl (C=O) groups is 3. The summed E-state index contributed by atoms with van der Waals surface area (Å²) in [5, 5.41) is 10.9. The van der Waals surface area contributed by atoms with Crippen molar-refractivity contribution in [3.63, 3.8) is 0 Å². The second kappa shape index (κ2) is 6.05. The number of allylic oxidation sites excluding steroid dienone is 1. The van der Waals surface area contributed by atoms with Gasteiger partial charge in [-0.2, -0.15) is 0 Å². The third-order valence-electron chi connectivity index (χ3n) is 6.31. The van der Waals surface area contributed by atoms with E-state index in [1.165, 1.54) is 0 Å². The van der Waals surface area contributed by atoms with E-state index in [1.807, 2.05) is 0 Å². The fraction of sp³-hybridized carbons (Fsp3) is 0.550. The number of aliphatic hydroxyl groups excluding tert-OH is 1. The van der Waals surface area contributed by atoms with E-state index in [9.17, 15) is 19.5 Å². The molecule has 7 heteroatoms. The first-order valence-electron chi connectivity index (χ1n) is 9.14. The average molecular weight is 374 g/mol. The van der Waals surface area contributed by atoms with Crippen molar-refractivity contribution in [2.24, 2.45) is 11.3 Å². The van der Waals surface area contributed by atoms with Crippen LogP contribution in [0.25, 0.3) is 0 Å². The summed E-state index contributed by atoms with van der Waals surface area (Å²) >= 11 is 0. The summed E-state index contributed by atoms with van der Waals surface area (Å²) in [5.74, 6) is -2.30. The molecule has 3 fully saturated rings. The zero-order chi connectivity index (χ0) is 19.5. The molecule has 0 aromatic heterocycles.